The lowest BCUT2D eigenvalue weighted by atomic mass is 10.2. The van der Waals surface area contributed by atoms with Crippen molar-refractivity contribution >= 4 is 11.6 Å². The Labute approximate surface area is 113 Å². The van der Waals surface area contributed by atoms with E-state index in [9.17, 15) is 0 Å². The molecule has 0 aliphatic carbocycles. The minimum atomic E-state index is 0.646. The lowest BCUT2D eigenvalue weighted by Gasteiger charge is -2.21. The fourth-order valence-corrected chi connectivity index (χ4v) is 2.16. The van der Waals surface area contributed by atoms with Crippen molar-refractivity contribution in [2.24, 2.45) is 0 Å². The summed E-state index contributed by atoms with van der Waals surface area (Å²) in [6, 6.07) is 14.5. The first kappa shape index (κ1) is 13.1. The number of rotatable bonds is 6. The highest BCUT2D eigenvalue weighted by atomic mass is 35.5. The van der Waals surface area contributed by atoms with Crippen LogP contribution in [0.25, 0.3) is 0 Å². The van der Waals surface area contributed by atoms with Crippen LogP contribution in [0.15, 0.2) is 54.9 Å². The van der Waals surface area contributed by atoms with Crippen LogP contribution in [0.1, 0.15) is 11.1 Å². The first-order valence-corrected chi connectivity index (χ1v) is 6.63. The van der Waals surface area contributed by atoms with Gasteiger partial charge in [0.05, 0.1) is 0 Å². The van der Waals surface area contributed by atoms with Gasteiger partial charge < -0.3 is 0 Å². The Morgan fingerprint density at radius 1 is 0.944 bits per heavy atom. The normalized spacial score (nSPS) is 10.8. The van der Waals surface area contributed by atoms with Gasteiger partial charge in [0.1, 0.15) is 0 Å². The molecule has 0 atom stereocenters. The van der Waals surface area contributed by atoms with Gasteiger partial charge in [0.2, 0.25) is 0 Å². The standard InChI is InChI=1S/C15H17ClN2/c16-8-10-18(12-14-5-2-1-3-6-14)13-15-7-4-9-17-11-15/h1-7,9,11H,8,10,12-13H2. The summed E-state index contributed by atoms with van der Waals surface area (Å²) in [5.41, 5.74) is 2.53. The zero-order valence-electron chi connectivity index (χ0n) is 10.3. The van der Waals surface area contributed by atoms with Crippen molar-refractivity contribution in [1.29, 1.82) is 0 Å². The highest BCUT2D eigenvalue weighted by Crippen LogP contribution is 2.09. The van der Waals surface area contributed by atoms with Crippen LogP contribution in [0.5, 0.6) is 0 Å². The number of alkyl halides is 1. The summed E-state index contributed by atoms with van der Waals surface area (Å²) in [4.78, 5) is 6.48. The minimum Gasteiger partial charge on any atom is -0.294 e. The summed E-state index contributed by atoms with van der Waals surface area (Å²) in [5.74, 6) is 0.646. The highest BCUT2D eigenvalue weighted by molar-refractivity contribution is 6.18. The third-order valence-electron chi connectivity index (χ3n) is 2.78. The predicted molar refractivity (Wildman–Crippen MR) is 75.5 cm³/mol. The van der Waals surface area contributed by atoms with Gasteiger partial charge in [0, 0.05) is 37.9 Å². The largest absolute Gasteiger partial charge is 0.294 e. The summed E-state index contributed by atoms with van der Waals surface area (Å²) in [5, 5.41) is 0. The average Bonchev–Trinajstić information content (AvgIpc) is 2.41. The number of halogens is 1. The van der Waals surface area contributed by atoms with Crippen molar-refractivity contribution < 1.29 is 0 Å². The lowest BCUT2D eigenvalue weighted by Crippen LogP contribution is -2.24. The number of benzene rings is 1. The lowest BCUT2D eigenvalue weighted by molar-refractivity contribution is 0.273. The average molecular weight is 261 g/mol. The summed E-state index contributed by atoms with van der Waals surface area (Å²) < 4.78 is 0. The molecule has 0 unspecified atom stereocenters. The third-order valence-corrected chi connectivity index (χ3v) is 2.95. The molecule has 0 saturated heterocycles. The quantitative estimate of drug-likeness (QED) is 0.741. The monoisotopic (exact) mass is 260 g/mol. The van der Waals surface area contributed by atoms with E-state index in [0.29, 0.717) is 5.88 Å². The smallest absolute Gasteiger partial charge is 0.0351 e. The molecule has 0 fully saturated rings. The molecule has 2 aromatic rings. The molecule has 3 heteroatoms. The predicted octanol–water partition coefficient (Wildman–Crippen LogP) is 3.32. The van der Waals surface area contributed by atoms with Crippen LogP contribution in [0, 0.1) is 0 Å². The van der Waals surface area contributed by atoms with E-state index in [0.717, 1.165) is 19.6 Å². The van der Waals surface area contributed by atoms with Crippen molar-refractivity contribution in [3.05, 3.63) is 66.0 Å². The Morgan fingerprint density at radius 2 is 1.67 bits per heavy atom. The molecule has 0 bridgehead atoms. The minimum absolute atomic E-state index is 0.646. The molecule has 1 heterocycles. The summed E-state index contributed by atoms with van der Waals surface area (Å²) in [7, 11) is 0. The van der Waals surface area contributed by atoms with Crippen molar-refractivity contribution in [2.75, 3.05) is 12.4 Å². The first-order chi connectivity index (χ1) is 8.88. The van der Waals surface area contributed by atoms with Gasteiger partial charge in [-0.1, -0.05) is 36.4 Å². The molecule has 0 aliphatic heterocycles. The highest BCUT2D eigenvalue weighted by Gasteiger charge is 2.06. The Balaban J connectivity index is 2.00. The Bertz CT molecular complexity index is 403. The van der Waals surface area contributed by atoms with Gasteiger partial charge in [0.25, 0.3) is 0 Å². The molecule has 94 valence electrons. The van der Waals surface area contributed by atoms with E-state index >= 15 is 0 Å². The van der Waals surface area contributed by atoms with Gasteiger partial charge in [0.15, 0.2) is 0 Å². The van der Waals surface area contributed by atoms with Crippen molar-refractivity contribution in [3.63, 3.8) is 0 Å². The second kappa shape index (κ2) is 7.14. The summed E-state index contributed by atoms with van der Waals surface area (Å²) >= 11 is 5.87. The van der Waals surface area contributed by atoms with Crippen LogP contribution in [0.4, 0.5) is 0 Å². The molecule has 1 aromatic carbocycles. The van der Waals surface area contributed by atoms with Crippen LogP contribution in [0.3, 0.4) is 0 Å². The summed E-state index contributed by atoms with van der Waals surface area (Å²) in [6.45, 7) is 2.68. The van der Waals surface area contributed by atoms with Gasteiger partial charge in [-0.3, -0.25) is 9.88 Å². The zero-order valence-corrected chi connectivity index (χ0v) is 11.1. The van der Waals surface area contributed by atoms with Crippen molar-refractivity contribution in [2.45, 2.75) is 13.1 Å². The van der Waals surface area contributed by atoms with Gasteiger partial charge in [-0.15, -0.1) is 11.6 Å². The van der Waals surface area contributed by atoms with E-state index < -0.39 is 0 Å². The number of hydrogen-bond acceptors (Lipinski definition) is 2. The molecular formula is C15H17ClN2. The zero-order chi connectivity index (χ0) is 12.6. The third kappa shape index (κ3) is 4.13. The maximum absolute atomic E-state index is 5.87. The number of hydrogen-bond donors (Lipinski definition) is 0. The molecule has 0 amide bonds. The van der Waals surface area contributed by atoms with Gasteiger partial charge in [-0.2, -0.15) is 0 Å². The molecule has 1 aromatic heterocycles. The molecule has 2 nitrogen and oxygen atoms in total. The van der Waals surface area contributed by atoms with Crippen LogP contribution >= 0.6 is 11.6 Å². The topological polar surface area (TPSA) is 16.1 Å². The van der Waals surface area contributed by atoms with Crippen LogP contribution < -0.4 is 0 Å². The van der Waals surface area contributed by atoms with Crippen molar-refractivity contribution in [1.82, 2.24) is 9.88 Å². The van der Waals surface area contributed by atoms with E-state index in [1.807, 2.05) is 18.3 Å². The van der Waals surface area contributed by atoms with E-state index in [4.69, 9.17) is 11.6 Å². The van der Waals surface area contributed by atoms with Crippen LogP contribution in [-0.2, 0) is 13.1 Å². The van der Waals surface area contributed by atoms with Crippen LogP contribution in [-0.4, -0.2) is 22.3 Å². The molecular weight excluding hydrogens is 244 g/mol. The van der Waals surface area contributed by atoms with Crippen molar-refractivity contribution in [3.8, 4) is 0 Å². The molecule has 0 N–H and O–H groups in total. The van der Waals surface area contributed by atoms with Crippen LogP contribution in [0.2, 0.25) is 0 Å². The molecule has 2 rings (SSSR count). The first-order valence-electron chi connectivity index (χ1n) is 6.09. The van der Waals surface area contributed by atoms with E-state index in [1.54, 1.807) is 6.20 Å². The van der Waals surface area contributed by atoms with E-state index in [-0.39, 0.29) is 0 Å². The second-order valence-electron chi connectivity index (χ2n) is 4.25. The van der Waals surface area contributed by atoms with Gasteiger partial charge in [-0.25, -0.2) is 0 Å². The number of nitrogens with zero attached hydrogens (tertiary/aromatic N) is 2. The van der Waals surface area contributed by atoms with Gasteiger partial charge in [-0.05, 0) is 17.2 Å². The Hall–Kier alpha value is -1.38. The SMILES string of the molecule is ClCCN(Cc1ccccc1)Cc1cccnc1. The van der Waals surface area contributed by atoms with E-state index in [2.05, 4.69) is 40.2 Å². The molecule has 0 saturated carbocycles. The maximum atomic E-state index is 5.87. The second-order valence-corrected chi connectivity index (χ2v) is 4.62. The Kier molecular flexibility index (Phi) is 5.18. The maximum Gasteiger partial charge on any atom is 0.0351 e. The number of pyridine rings is 1. The Morgan fingerprint density at radius 3 is 2.33 bits per heavy atom. The molecule has 0 aliphatic rings. The summed E-state index contributed by atoms with van der Waals surface area (Å²) in [6.07, 6.45) is 3.71. The molecule has 18 heavy (non-hydrogen) atoms. The fourth-order valence-electron chi connectivity index (χ4n) is 1.93. The van der Waals surface area contributed by atoms with E-state index in [1.165, 1.54) is 11.1 Å². The molecule has 0 spiro atoms. The fraction of sp³-hybridized carbons (Fsp3) is 0.267. The number of aromatic nitrogens is 1. The van der Waals surface area contributed by atoms with Gasteiger partial charge >= 0.3 is 0 Å². The molecule has 0 radical (unpaired) electrons.